The van der Waals surface area contributed by atoms with Gasteiger partial charge in [0.1, 0.15) is 17.6 Å². The quantitative estimate of drug-likeness (QED) is 0.782. The predicted octanol–water partition coefficient (Wildman–Crippen LogP) is 2.00. The zero-order valence-electron chi connectivity index (χ0n) is 7.36. The molecule has 0 amide bonds. The molecule has 1 heterocycles. The third-order valence-corrected chi connectivity index (χ3v) is 2.19. The lowest BCUT2D eigenvalue weighted by Crippen LogP contribution is -1.91. The normalized spacial score (nSPS) is 10.4. The number of benzene rings is 1. The molecule has 2 rings (SSSR count). The van der Waals surface area contributed by atoms with Gasteiger partial charge in [-0.05, 0) is 12.1 Å². The molecule has 1 aromatic heterocycles. The van der Waals surface area contributed by atoms with Gasteiger partial charge in [-0.3, -0.25) is 0 Å². The van der Waals surface area contributed by atoms with Crippen molar-refractivity contribution in [2.45, 2.75) is 0 Å². The lowest BCUT2D eigenvalue weighted by Gasteiger charge is -2.05. The van der Waals surface area contributed by atoms with E-state index in [1.165, 1.54) is 19.5 Å². The zero-order valence-corrected chi connectivity index (χ0v) is 8.12. The second-order valence-corrected chi connectivity index (χ2v) is 3.08. The molecule has 2 aromatic rings. The Labute approximate surface area is 85.1 Å². The zero-order chi connectivity index (χ0) is 10.1. The van der Waals surface area contributed by atoms with E-state index in [0.29, 0.717) is 21.8 Å². The molecule has 1 N–H and O–H groups in total. The Morgan fingerprint density at radius 2 is 2.14 bits per heavy atom. The van der Waals surface area contributed by atoms with Crippen LogP contribution in [-0.4, -0.2) is 22.2 Å². The van der Waals surface area contributed by atoms with Crippen molar-refractivity contribution < 1.29 is 9.84 Å². The number of aromatic hydroxyl groups is 1. The summed E-state index contributed by atoms with van der Waals surface area (Å²) < 4.78 is 5.02. The van der Waals surface area contributed by atoms with Crippen molar-refractivity contribution in [3.8, 4) is 11.6 Å². The Kier molecular flexibility index (Phi) is 2.13. The second-order valence-electron chi connectivity index (χ2n) is 2.67. The fraction of sp³-hybridized carbons (Fsp3) is 0.111. The van der Waals surface area contributed by atoms with E-state index in [1.54, 1.807) is 6.07 Å². The summed E-state index contributed by atoms with van der Waals surface area (Å²) in [5.74, 6) is 0.418. The number of halogens is 1. The molecule has 5 heteroatoms. The SMILES string of the molecule is COc1ncnc2c(O)ccc(Cl)c12. The van der Waals surface area contributed by atoms with Crippen molar-refractivity contribution in [2.24, 2.45) is 0 Å². The van der Waals surface area contributed by atoms with Gasteiger partial charge in [0.25, 0.3) is 0 Å². The third-order valence-electron chi connectivity index (χ3n) is 1.87. The number of hydrogen-bond acceptors (Lipinski definition) is 4. The Balaban J connectivity index is 2.92. The summed E-state index contributed by atoms with van der Waals surface area (Å²) in [7, 11) is 1.49. The highest BCUT2D eigenvalue weighted by Crippen LogP contribution is 2.33. The minimum Gasteiger partial charge on any atom is -0.506 e. The first-order valence-electron chi connectivity index (χ1n) is 3.90. The molecule has 4 nitrogen and oxygen atoms in total. The van der Waals surface area contributed by atoms with Gasteiger partial charge in [0.05, 0.1) is 17.5 Å². The van der Waals surface area contributed by atoms with Gasteiger partial charge in [0.2, 0.25) is 5.88 Å². The first-order chi connectivity index (χ1) is 6.74. The van der Waals surface area contributed by atoms with Crippen LogP contribution in [0.15, 0.2) is 18.5 Å². The van der Waals surface area contributed by atoms with Crippen LogP contribution in [0.3, 0.4) is 0 Å². The fourth-order valence-electron chi connectivity index (χ4n) is 1.25. The maximum atomic E-state index is 9.51. The minimum absolute atomic E-state index is 0.0603. The summed E-state index contributed by atoms with van der Waals surface area (Å²) in [5.41, 5.74) is 0.393. The van der Waals surface area contributed by atoms with E-state index in [1.807, 2.05) is 0 Å². The minimum atomic E-state index is 0.0603. The number of methoxy groups -OCH3 is 1. The molecule has 0 aliphatic rings. The average molecular weight is 211 g/mol. The van der Waals surface area contributed by atoms with Crippen molar-refractivity contribution in [1.82, 2.24) is 9.97 Å². The van der Waals surface area contributed by atoms with Crippen molar-refractivity contribution >= 4 is 22.5 Å². The first-order valence-corrected chi connectivity index (χ1v) is 4.28. The number of hydrogen-bond donors (Lipinski definition) is 1. The molecule has 0 aliphatic carbocycles. The molecule has 0 fully saturated rings. The van der Waals surface area contributed by atoms with Crippen LogP contribution in [0.1, 0.15) is 0 Å². The Bertz CT molecular complexity index is 487. The summed E-state index contributed by atoms with van der Waals surface area (Å²) in [4.78, 5) is 7.82. The van der Waals surface area contributed by atoms with Crippen LogP contribution in [0.4, 0.5) is 0 Å². The van der Waals surface area contributed by atoms with Gasteiger partial charge in [-0.1, -0.05) is 11.6 Å². The molecule has 72 valence electrons. The number of aromatic nitrogens is 2. The summed E-state index contributed by atoms with van der Waals surface area (Å²) in [6.45, 7) is 0. The molecular weight excluding hydrogens is 204 g/mol. The number of phenolic OH excluding ortho intramolecular Hbond substituents is 1. The van der Waals surface area contributed by atoms with Crippen LogP contribution in [-0.2, 0) is 0 Å². The number of fused-ring (bicyclic) bond motifs is 1. The highest BCUT2D eigenvalue weighted by atomic mass is 35.5. The van der Waals surface area contributed by atoms with E-state index in [0.717, 1.165) is 0 Å². The van der Waals surface area contributed by atoms with Crippen LogP contribution in [0.5, 0.6) is 11.6 Å². The molecule has 0 radical (unpaired) electrons. The molecule has 0 unspecified atom stereocenters. The molecular formula is C9H7ClN2O2. The largest absolute Gasteiger partial charge is 0.506 e. The Morgan fingerprint density at radius 1 is 1.36 bits per heavy atom. The van der Waals surface area contributed by atoms with E-state index in [-0.39, 0.29) is 5.75 Å². The smallest absolute Gasteiger partial charge is 0.225 e. The van der Waals surface area contributed by atoms with Crippen molar-refractivity contribution in [3.63, 3.8) is 0 Å². The van der Waals surface area contributed by atoms with Gasteiger partial charge in [-0.25, -0.2) is 9.97 Å². The first kappa shape index (κ1) is 9.02. The fourth-order valence-corrected chi connectivity index (χ4v) is 1.48. The predicted molar refractivity (Wildman–Crippen MR) is 52.8 cm³/mol. The van der Waals surface area contributed by atoms with E-state index in [9.17, 15) is 5.11 Å². The lowest BCUT2D eigenvalue weighted by atomic mass is 10.2. The summed E-state index contributed by atoms with van der Waals surface area (Å²) in [6.07, 6.45) is 1.32. The topological polar surface area (TPSA) is 55.2 Å². The summed E-state index contributed by atoms with van der Waals surface area (Å²) in [6, 6.07) is 3.06. The van der Waals surface area contributed by atoms with Crippen LogP contribution >= 0.6 is 11.6 Å². The van der Waals surface area contributed by atoms with E-state index < -0.39 is 0 Å². The standard InChI is InChI=1S/C9H7ClN2O2/c1-14-9-7-5(10)2-3-6(13)8(7)11-4-12-9/h2-4,13H,1H3. The summed E-state index contributed by atoms with van der Waals surface area (Å²) >= 11 is 5.94. The van der Waals surface area contributed by atoms with E-state index in [4.69, 9.17) is 16.3 Å². The lowest BCUT2D eigenvalue weighted by molar-refractivity contribution is 0.402. The number of ether oxygens (including phenoxy) is 1. The molecule has 14 heavy (non-hydrogen) atoms. The van der Waals surface area contributed by atoms with Gasteiger partial charge >= 0.3 is 0 Å². The number of nitrogens with zero attached hydrogens (tertiary/aromatic N) is 2. The van der Waals surface area contributed by atoms with Crippen molar-refractivity contribution in [2.75, 3.05) is 7.11 Å². The summed E-state index contributed by atoms with van der Waals surface area (Å²) in [5, 5.41) is 10.5. The van der Waals surface area contributed by atoms with Gasteiger partial charge in [0.15, 0.2) is 0 Å². The Hall–Kier alpha value is -1.55. The van der Waals surface area contributed by atoms with Gasteiger partial charge < -0.3 is 9.84 Å². The van der Waals surface area contributed by atoms with Gasteiger partial charge in [0, 0.05) is 0 Å². The molecule has 1 aromatic carbocycles. The van der Waals surface area contributed by atoms with Crippen LogP contribution in [0, 0.1) is 0 Å². The maximum Gasteiger partial charge on any atom is 0.225 e. The molecule has 0 aliphatic heterocycles. The molecule has 0 spiro atoms. The van der Waals surface area contributed by atoms with Crippen LogP contribution in [0.2, 0.25) is 5.02 Å². The van der Waals surface area contributed by atoms with E-state index in [2.05, 4.69) is 9.97 Å². The molecule has 0 atom stereocenters. The molecule has 0 saturated carbocycles. The van der Waals surface area contributed by atoms with Crippen molar-refractivity contribution in [1.29, 1.82) is 0 Å². The highest BCUT2D eigenvalue weighted by molar-refractivity contribution is 6.36. The molecule has 0 saturated heterocycles. The second kappa shape index (κ2) is 3.31. The van der Waals surface area contributed by atoms with Crippen LogP contribution < -0.4 is 4.74 Å². The van der Waals surface area contributed by atoms with Crippen molar-refractivity contribution in [3.05, 3.63) is 23.5 Å². The molecule has 0 bridgehead atoms. The number of rotatable bonds is 1. The number of phenols is 1. The highest BCUT2D eigenvalue weighted by Gasteiger charge is 2.10. The monoisotopic (exact) mass is 210 g/mol. The van der Waals surface area contributed by atoms with E-state index >= 15 is 0 Å². The average Bonchev–Trinajstić information content (AvgIpc) is 2.23. The van der Waals surface area contributed by atoms with Crippen LogP contribution in [0.25, 0.3) is 10.9 Å². The van der Waals surface area contributed by atoms with Gasteiger partial charge in [-0.15, -0.1) is 0 Å². The maximum absolute atomic E-state index is 9.51. The Morgan fingerprint density at radius 3 is 2.86 bits per heavy atom. The third kappa shape index (κ3) is 1.24. The van der Waals surface area contributed by atoms with Gasteiger partial charge in [-0.2, -0.15) is 0 Å².